The number of carbonyl (C=O) groups is 1. The fourth-order valence-corrected chi connectivity index (χ4v) is 2.16. The van der Waals surface area contributed by atoms with Gasteiger partial charge in [0.1, 0.15) is 17.2 Å². The van der Waals surface area contributed by atoms with Crippen LogP contribution in [0.3, 0.4) is 0 Å². The number of aliphatic hydroxyl groups is 1. The maximum absolute atomic E-state index is 13.2. The smallest absolute Gasteiger partial charge is 0.287 e. The van der Waals surface area contributed by atoms with E-state index >= 15 is 0 Å². The summed E-state index contributed by atoms with van der Waals surface area (Å²) in [5, 5.41) is 13.1. The highest BCUT2D eigenvalue weighted by Crippen LogP contribution is 2.35. The van der Waals surface area contributed by atoms with Crippen molar-refractivity contribution >= 4 is 11.6 Å². The summed E-state index contributed by atoms with van der Waals surface area (Å²) in [6.07, 6.45) is -7.81. The molecule has 10 heteroatoms. The molecule has 1 N–H and O–H groups in total. The van der Waals surface area contributed by atoms with Gasteiger partial charge >= 0.3 is 0 Å². The van der Waals surface area contributed by atoms with Crippen molar-refractivity contribution in [3.05, 3.63) is 23.8 Å². The van der Waals surface area contributed by atoms with Crippen LogP contribution in [0.1, 0.15) is 16.8 Å². The average Bonchev–Trinajstić information content (AvgIpc) is 2.93. The van der Waals surface area contributed by atoms with E-state index in [0.29, 0.717) is 0 Å². The molecule has 1 aromatic carbocycles. The molecular formula is C14H14F4N2O4. The Labute approximate surface area is 134 Å². The Kier molecular flexibility index (Phi) is 4.97. The second kappa shape index (κ2) is 6.63. The standard InChI is InChI=1S/C14H14F4N2O4/c1-23-8-3-7(4-9(5-8)24-2)12(21)20-14(22,13(17)18)6-10(19-20)11(15)16/h3-5,11,13,22H,6H2,1-2H3/t14-/m1/s1. The molecule has 1 aliphatic heterocycles. The molecule has 132 valence electrons. The first-order chi connectivity index (χ1) is 11.2. The molecule has 0 radical (unpaired) electrons. The van der Waals surface area contributed by atoms with Crippen LogP contribution in [0.2, 0.25) is 0 Å². The van der Waals surface area contributed by atoms with E-state index in [1.165, 1.54) is 32.4 Å². The lowest BCUT2D eigenvalue weighted by molar-refractivity contribution is -0.164. The van der Waals surface area contributed by atoms with Crippen LogP contribution < -0.4 is 9.47 Å². The molecule has 6 nitrogen and oxygen atoms in total. The average molecular weight is 350 g/mol. The molecule has 0 bridgehead atoms. The van der Waals surface area contributed by atoms with E-state index in [2.05, 4.69) is 5.10 Å². The highest BCUT2D eigenvalue weighted by molar-refractivity contribution is 5.99. The molecular weight excluding hydrogens is 336 g/mol. The van der Waals surface area contributed by atoms with Crippen molar-refractivity contribution in [1.82, 2.24) is 5.01 Å². The van der Waals surface area contributed by atoms with E-state index in [1.54, 1.807) is 0 Å². The van der Waals surface area contributed by atoms with Crippen LogP contribution in [0.15, 0.2) is 23.3 Å². The van der Waals surface area contributed by atoms with Gasteiger partial charge in [0, 0.05) is 18.1 Å². The number of hydrogen-bond donors (Lipinski definition) is 1. The lowest BCUT2D eigenvalue weighted by atomic mass is 10.1. The van der Waals surface area contributed by atoms with Gasteiger partial charge in [-0.05, 0) is 12.1 Å². The van der Waals surface area contributed by atoms with Crippen LogP contribution in [-0.4, -0.2) is 54.5 Å². The van der Waals surface area contributed by atoms with Gasteiger partial charge in [0.05, 0.1) is 14.2 Å². The third-order valence-electron chi connectivity index (χ3n) is 3.43. The lowest BCUT2D eigenvalue weighted by Crippen LogP contribution is -2.51. The third kappa shape index (κ3) is 3.14. The Morgan fingerprint density at radius 3 is 2.17 bits per heavy atom. The summed E-state index contributed by atoms with van der Waals surface area (Å²) in [6.45, 7) is 0. The van der Waals surface area contributed by atoms with Crippen LogP contribution in [0.5, 0.6) is 11.5 Å². The van der Waals surface area contributed by atoms with Gasteiger partial charge in [-0.1, -0.05) is 0 Å². The maximum Gasteiger partial charge on any atom is 0.287 e. The minimum Gasteiger partial charge on any atom is -0.497 e. The number of halogens is 4. The molecule has 1 amide bonds. The van der Waals surface area contributed by atoms with Crippen molar-refractivity contribution < 1.29 is 36.9 Å². The minimum absolute atomic E-state index is 0.0205. The van der Waals surface area contributed by atoms with Gasteiger partial charge in [0.15, 0.2) is 0 Å². The van der Waals surface area contributed by atoms with E-state index < -0.39 is 36.6 Å². The van der Waals surface area contributed by atoms with Gasteiger partial charge < -0.3 is 14.6 Å². The number of methoxy groups -OCH3 is 2. The molecule has 2 rings (SSSR count). The third-order valence-corrected chi connectivity index (χ3v) is 3.43. The number of rotatable bonds is 5. The summed E-state index contributed by atoms with van der Waals surface area (Å²) in [5.41, 5.74) is -4.36. The predicted octanol–water partition coefficient (Wildman–Crippen LogP) is 2.12. The second-order valence-electron chi connectivity index (χ2n) is 4.97. The number of amides is 1. The Hall–Kier alpha value is -2.36. The number of nitrogens with zero attached hydrogens (tertiary/aromatic N) is 2. The van der Waals surface area contributed by atoms with Crippen LogP contribution in [0.25, 0.3) is 0 Å². The van der Waals surface area contributed by atoms with Crippen molar-refractivity contribution in [1.29, 1.82) is 0 Å². The Bertz CT molecular complexity index is 646. The summed E-state index contributed by atoms with van der Waals surface area (Å²) in [7, 11) is 2.61. The molecule has 24 heavy (non-hydrogen) atoms. The monoisotopic (exact) mass is 350 g/mol. The highest BCUT2D eigenvalue weighted by Gasteiger charge is 2.53. The van der Waals surface area contributed by atoms with Gasteiger partial charge in [-0.2, -0.15) is 10.1 Å². The summed E-state index contributed by atoms with van der Waals surface area (Å²) in [4.78, 5) is 12.4. The molecule has 0 aliphatic carbocycles. The first-order valence-corrected chi connectivity index (χ1v) is 6.66. The summed E-state index contributed by atoms with van der Waals surface area (Å²) >= 11 is 0. The lowest BCUT2D eigenvalue weighted by Gasteiger charge is -2.30. The van der Waals surface area contributed by atoms with E-state index in [1.807, 2.05) is 0 Å². The van der Waals surface area contributed by atoms with Gasteiger partial charge in [0.2, 0.25) is 5.72 Å². The zero-order valence-corrected chi connectivity index (χ0v) is 12.7. The van der Waals surface area contributed by atoms with Crippen molar-refractivity contribution in [2.75, 3.05) is 14.2 Å². The minimum atomic E-state index is -3.49. The zero-order valence-electron chi connectivity index (χ0n) is 12.7. The molecule has 1 aromatic rings. The second-order valence-corrected chi connectivity index (χ2v) is 4.97. The molecule has 0 spiro atoms. The van der Waals surface area contributed by atoms with Crippen LogP contribution >= 0.6 is 0 Å². The maximum atomic E-state index is 13.2. The van der Waals surface area contributed by atoms with E-state index in [-0.39, 0.29) is 22.1 Å². The Morgan fingerprint density at radius 2 is 1.75 bits per heavy atom. The summed E-state index contributed by atoms with van der Waals surface area (Å²) < 4.78 is 61.8. The first kappa shape index (κ1) is 18.0. The number of benzene rings is 1. The molecule has 0 aromatic heterocycles. The predicted molar refractivity (Wildman–Crippen MR) is 74.7 cm³/mol. The quantitative estimate of drug-likeness (QED) is 0.826. The zero-order chi connectivity index (χ0) is 18.1. The van der Waals surface area contributed by atoms with Crippen LogP contribution in [0.4, 0.5) is 17.6 Å². The number of ether oxygens (including phenoxy) is 2. The Morgan fingerprint density at radius 1 is 1.21 bits per heavy atom. The van der Waals surface area contributed by atoms with Crippen molar-refractivity contribution in [3.63, 3.8) is 0 Å². The van der Waals surface area contributed by atoms with Crippen LogP contribution in [-0.2, 0) is 0 Å². The number of hydrazone groups is 1. The van der Waals surface area contributed by atoms with Gasteiger partial charge in [-0.25, -0.2) is 17.6 Å². The normalized spacial score (nSPS) is 20.5. The molecule has 0 fully saturated rings. The molecule has 1 atom stereocenters. The van der Waals surface area contributed by atoms with Crippen molar-refractivity contribution in [2.24, 2.45) is 5.10 Å². The van der Waals surface area contributed by atoms with Crippen molar-refractivity contribution in [2.45, 2.75) is 25.0 Å². The molecule has 0 saturated heterocycles. The molecule has 1 heterocycles. The summed E-state index contributed by atoms with van der Waals surface area (Å²) in [5.74, 6) is -0.836. The topological polar surface area (TPSA) is 71.4 Å². The number of alkyl halides is 4. The van der Waals surface area contributed by atoms with Gasteiger partial charge in [-0.3, -0.25) is 4.79 Å². The molecule has 0 unspecified atom stereocenters. The Balaban J connectivity index is 2.46. The van der Waals surface area contributed by atoms with E-state index in [4.69, 9.17) is 9.47 Å². The highest BCUT2D eigenvalue weighted by atomic mass is 19.3. The first-order valence-electron chi connectivity index (χ1n) is 6.66. The van der Waals surface area contributed by atoms with E-state index in [0.717, 1.165) is 0 Å². The molecule has 1 aliphatic rings. The van der Waals surface area contributed by atoms with Gasteiger partial charge in [0.25, 0.3) is 18.8 Å². The number of hydrogen-bond acceptors (Lipinski definition) is 5. The van der Waals surface area contributed by atoms with E-state index in [9.17, 15) is 27.5 Å². The van der Waals surface area contributed by atoms with Crippen molar-refractivity contribution in [3.8, 4) is 11.5 Å². The van der Waals surface area contributed by atoms with Crippen LogP contribution in [0, 0.1) is 0 Å². The number of carbonyl (C=O) groups excluding carboxylic acids is 1. The largest absolute Gasteiger partial charge is 0.497 e. The van der Waals surface area contributed by atoms with Gasteiger partial charge in [-0.15, -0.1) is 0 Å². The molecule has 0 saturated carbocycles. The SMILES string of the molecule is COc1cc(OC)cc(C(=O)N2N=C(C(F)F)C[C@@]2(O)C(F)F)c1. The fourth-order valence-electron chi connectivity index (χ4n) is 2.16. The fraction of sp³-hybridized carbons (Fsp3) is 0.429. The summed E-state index contributed by atoms with van der Waals surface area (Å²) in [6, 6.07) is 3.80.